The summed E-state index contributed by atoms with van der Waals surface area (Å²) in [6.45, 7) is 15.5. The molecule has 4 heteroatoms. The zero-order chi connectivity index (χ0) is 14.8. The number of hydrogen-bond acceptors (Lipinski definition) is 2. The quantitative estimate of drug-likeness (QED) is 0.484. The fraction of sp³-hybridized carbons (Fsp3) is 0.625. The smallest absolute Gasteiger partial charge is 0.758 e. The van der Waals surface area contributed by atoms with Crippen LogP contribution in [-0.2, 0) is 0 Å². The Balaban J connectivity index is 0.00000361. The van der Waals surface area contributed by atoms with Crippen molar-refractivity contribution in [3.63, 3.8) is 0 Å². The second-order valence-corrected chi connectivity index (χ2v) is 10.9. The molecule has 0 fully saturated rings. The predicted molar refractivity (Wildman–Crippen MR) is 88.3 cm³/mol. The summed E-state index contributed by atoms with van der Waals surface area (Å²) >= 11 is 0. The molecule has 1 aromatic carbocycles. The summed E-state index contributed by atoms with van der Waals surface area (Å²) in [7, 11) is -0.405. The van der Waals surface area contributed by atoms with Crippen LogP contribution in [0.4, 0.5) is 5.69 Å². The Morgan fingerprint density at radius 2 is 1.45 bits per heavy atom. The molecule has 0 heterocycles. The standard InChI is InChI=1S/C16H27NOP.Li/c1-13-10-8-9-11-14(13)17(18)12-19(15(2,3)4)16(5,6)7;/h8-11H,12H2,1-7H3;/q-1;+1. The Hall–Kier alpha value is 0.00740. The van der Waals surface area contributed by atoms with E-state index in [-0.39, 0.29) is 29.2 Å². The number of rotatable bonds is 3. The molecule has 0 radical (unpaired) electrons. The minimum atomic E-state index is -0.405. The van der Waals surface area contributed by atoms with Gasteiger partial charge in [-0.2, -0.15) is 0 Å². The molecule has 108 valence electrons. The molecule has 2 nitrogen and oxygen atoms in total. The second-order valence-electron chi connectivity index (χ2n) is 7.08. The average Bonchev–Trinajstić information content (AvgIpc) is 2.23. The van der Waals surface area contributed by atoms with Crippen molar-refractivity contribution in [2.75, 3.05) is 11.3 Å². The maximum absolute atomic E-state index is 12.5. The molecule has 0 aliphatic heterocycles. The van der Waals surface area contributed by atoms with Crippen molar-refractivity contribution in [2.45, 2.75) is 58.8 Å². The van der Waals surface area contributed by atoms with Gasteiger partial charge < -0.3 is 10.3 Å². The zero-order valence-corrected chi connectivity index (χ0v) is 15.2. The van der Waals surface area contributed by atoms with E-state index in [0.717, 1.165) is 11.3 Å². The van der Waals surface area contributed by atoms with Crippen LogP contribution in [0.25, 0.3) is 0 Å². The first kappa shape index (κ1) is 20.0. The van der Waals surface area contributed by atoms with Crippen molar-refractivity contribution in [1.29, 1.82) is 0 Å². The van der Waals surface area contributed by atoms with Gasteiger partial charge in [0.15, 0.2) is 0 Å². The Kier molecular flexibility index (Phi) is 7.33. The van der Waals surface area contributed by atoms with Crippen LogP contribution in [0.1, 0.15) is 47.1 Å². The number of anilines is 1. The zero-order valence-electron chi connectivity index (χ0n) is 14.3. The van der Waals surface area contributed by atoms with Gasteiger partial charge in [0.2, 0.25) is 0 Å². The number of para-hydroxylation sites is 1. The molecule has 0 saturated heterocycles. The molecule has 0 unspecified atom stereocenters. The Bertz CT molecular complexity index is 409. The van der Waals surface area contributed by atoms with Gasteiger partial charge in [-0.1, -0.05) is 67.7 Å². The van der Waals surface area contributed by atoms with Crippen LogP contribution in [-0.4, -0.2) is 16.6 Å². The molecule has 1 aromatic rings. The summed E-state index contributed by atoms with van der Waals surface area (Å²) in [6, 6.07) is 7.82. The van der Waals surface area contributed by atoms with E-state index in [0.29, 0.717) is 6.29 Å². The first-order valence-corrected chi connectivity index (χ1v) is 8.34. The third-order valence-electron chi connectivity index (χ3n) is 3.27. The van der Waals surface area contributed by atoms with Gasteiger partial charge in [0.05, 0.1) is 0 Å². The molecule has 0 bridgehead atoms. The monoisotopic (exact) mass is 287 g/mol. The molecular formula is C16H27LiNOP. The minimum Gasteiger partial charge on any atom is -0.758 e. The molecule has 0 spiro atoms. The molecule has 20 heavy (non-hydrogen) atoms. The van der Waals surface area contributed by atoms with Crippen LogP contribution in [0.2, 0.25) is 0 Å². The molecule has 0 N–H and O–H groups in total. The number of aryl methyl sites for hydroxylation is 1. The maximum Gasteiger partial charge on any atom is 1.00 e. The van der Waals surface area contributed by atoms with E-state index in [4.69, 9.17) is 0 Å². The molecule has 1 rings (SSSR count). The van der Waals surface area contributed by atoms with Crippen LogP contribution in [0.5, 0.6) is 0 Å². The molecule has 0 aliphatic carbocycles. The third kappa shape index (κ3) is 5.42. The topological polar surface area (TPSA) is 26.3 Å². The average molecular weight is 287 g/mol. The van der Waals surface area contributed by atoms with E-state index in [1.54, 1.807) is 0 Å². The van der Waals surface area contributed by atoms with Crippen LogP contribution < -0.4 is 23.9 Å². The normalized spacial score (nSPS) is 12.2. The van der Waals surface area contributed by atoms with Crippen LogP contribution in [0.15, 0.2) is 24.3 Å². The van der Waals surface area contributed by atoms with Gasteiger partial charge in [0.1, 0.15) is 0 Å². The number of nitrogens with zero attached hydrogens (tertiary/aromatic N) is 1. The molecule has 0 amide bonds. The van der Waals surface area contributed by atoms with Crippen molar-refractivity contribution in [3.05, 3.63) is 35.0 Å². The molecule has 0 saturated carbocycles. The first-order valence-electron chi connectivity index (χ1n) is 6.81. The van der Waals surface area contributed by atoms with Crippen molar-refractivity contribution in [2.24, 2.45) is 0 Å². The SMILES string of the molecule is Cc1ccccc1N([O-])CP(C(C)(C)C)C(C)(C)C.[Li+]. The number of hydroxylamine groups is 1. The summed E-state index contributed by atoms with van der Waals surface area (Å²) < 4.78 is 0. The third-order valence-corrected chi connectivity index (χ3v) is 7.05. The predicted octanol–water partition coefficient (Wildman–Crippen LogP) is 2.34. The van der Waals surface area contributed by atoms with Gasteiger partial charge >= 0.3 is 18.9 Å². The van der Waals surface area contributed by atoms with Gasteiger partial charge in [-0.25, -0.2) is 0 Å². The van der Waals surface area contributed by atoms with Gasteiger partial charge in [0.25, 0.3) is 0 Å². The molecular weight excluding hydrogens is 260 g/mol. The van der Waals surface area contributed by atoms with Crippen LogP contribution in [0.3, 0.4) is 0 Å². The number of benzene rings is 1. The van der Waals surface area contributed by atoms with E-state index in [1.165, 1.54) is 5.06 Å². The Labute approximate surface area is 137 Å². The summed E-state index contributed by atoms with van der Waals surface area (Å²) in [5, 5.41) is 14.1. The Morgan fingerprint density at radius 1 is 1.00 bits per heavy atom. The van der Waals surface area contributed by atoms with Crippen molar-refractivity contribution in [3.8, 4) is 0 Å². The van der Waals surface area contributed by atoms with Gasteiger partial charge in [0, 0.05) is 12.0 Å². The van der Waals surface area contributed by atoms with Gasteiger partial charge in [-0.15, -0.1) is 0 Å². The molecule has 0 aromatic heterocycles. The van der Waals surface area contributed by atoms with E-state index >= 15 is 0 Å². The Morgan fingerprint density at radius 3 is 1.85 bits per heavy atom. The van der Waals surface area contributed by atoms with Crippen molar-refractivity contribution >= 4 is 13.6 Å². The summed E-state index contributed by atoms with van der Waals surface area (Å²) in [5.74, 6) is 0. The van der Waals surface area contributed by atoms with E-state index in [2.05, 4.69) is 41.5 Å². The van der Waals surface area contributed by atoms with E-state index in [1.807, 2.05) is 31.2 Å². The molecule has 0 atom stereocenters. The fourth-order valence-electron chi connectivity index (χ4n) is 2.48. The summed E-state index contributed by atoms with van der Waals surface area (Å²) in [6.07, 6.45) is 0.604. The van der Waals surface area contributed by atoms with Crippen molar-refractivity contribution < 1.29 is 18.9 Å². The summed E-state index contributed by atoms with van der Waals surface area (Å²) in [5.41, 5.74) is 1.86. The van der Waals surface area contributed by atoms with Gasteiger partial charge in [-0.05, 0) is 28.9 Å². The minimum absolute atomic E-state index is 0. The fourth-order valence-corrected chi connectivity index (χ4v) is 5.75. The second kappa shape index (κ2) is 7.32. The summed E-state index contributed by atoms with van der Waals surface area (Å²) in [4.78, 5) is 0. The van der Waals surface area contributed by atoms with Crippen LogP contribution >= 0.6 is 7.92 Å². The maximum atomic E-state index is 12.5. The van der Waals surface area contributed by atoms with E-state index < -0.39 is 7.92 Å². The van der Waals surface area contributed by atoms with Crippen molar-refractivity contribution in [1.82, 2.24) is 0 Å². The number of hydrogen-bond donors (Lipinski definition) is 0. The van der Waals surface area contributed by atoms with Crippen LogP contribution in [0, 0.1) is 12.1 Å². The molecule has 0 aliphatic rings. The van der Waals surface area contributed by atoms with E-state index in [9.17, 15) is 5.21 Å². The first-order chi connectivity index (χ1) is 8.53. The largest absolute Gasteiger partial charge is 1.00 e. The van der Waals surface area contributed by atoms with Gasteiger partial charge in [-0.3, -0.25) is 0 Å².